The second-order valence-corrected chi connectivity index (χ2v) is 10.4. The van der Waals surface area contributed by atoms with Gasteiger partial charge in [0, 0.05) is 13.6 Å². The fraction of sp³-hybridized carbons (Fsp3) is 0.286. The van der Waals surface area contributed by atoms with Gasteiger partial charge in [0.2, 0.25) is 11.8 Å². The summed E-state index contributed by atoms with van der Waals surface area (Å²) in [4.78, 5) is 28.2. The van der Waals surface area contributed by atoms with E-state index in [4.69, 9.17) is 4.74 Å². The van der Waals surface area contributed by atoms with Crippen molar-refractivity contribution in [3.8, 4) is 5.75 Å². The minimum absolute atomic E-state index is 0.0392. The van der Waals surface area contributed by atoms with Crippen LogP contribution in [0, 0.1) is 6.92 Å². The first kappa shape index (κ1) is 27.7. The standard InChI is InChI=1S/C28H33N3O5S/c1-5-24(28(33)29-3)30(19-22-13-11-12-21(2)18-22)27(32)20-31(25-16-9-10-17-26(25)36-4)37(34,35)23-14-7-6-8-15-23/h6-18,24H,5,19-20H2,1-4H3,(H,29,33)/t24-/m0/s1. The normalized spacial score (nSPS) is 11.9. The third-order valence-electron chi connectivity index (χ3n) is 6.03. The predicted octanol–water partition coefficient (Wildman–Crippen LogP) is 3.75. The van der Waals surface area contributed by atoms with Crippen molar-refractivity contribution < 1.29 is 22.7 Å². The van der Waals surface area contributed by atoms with Crippen LogP contribution in [0.15, 0.2) is 83.8 Å². The van der Waals surface area contributed by atoms with Gasteiger partial charge in [-0.15, -0.1) is 0 Å². The number of sulfonamides is 1. The van der Waals surface area contributed by atoms with E-state index in [9.17, 15) is 18.0 Å². The first-order valence-electron chi connectivity index (χ1n) is 12.0. The predicted molar refractivity (Wildman–Crippen MR) is 144 cm³/mol. The molecular weight excluding hydrogens is 490 g/mol. The number of hydrogen-bond donors (Lipinski definition) is 1. The van der Waals surface area contributed by atoms with Crippen molar-refractivity contribution in [2.75, 3.05) is 25.0 Å². The highest BCUT2D eigenvalue weighted by Crippen LogP contribution is 2.32. The van der Waals surface area contributed by atoms with Crippen LogP contribution in [-0.4, -0.2) is 51.9 Å². The van der Waals surface area contributed by atoms with Crippen LogP contribution in [0.1, 0.15) is 24.5 Å². The summed E-state index contributed by atoms with van der Waals surface area (Å²) < 4.78 is 34.1. The van der Waals surface area contributed by atoms with Crippen molar-refractivity contribution in [2.24, 2.45) is 0 Å². The van der Waals surface area contributed by atoms with Gasteiger partial charge >= 0.3 is 0 Å². The van der Waals surface area contributed by atoms with Crippen molar-refractivity contribution in [2.45, 2.75) is 37.8 Å². The summed E-state index contributed by atoms with van der Waals surface area (Å²) in [6.07, 6.45) is 0.358. The molecule has 0 aliphatic rings. The molecule has 196 valence electrons. The first-order chi connectivity index (χ1) is 17.7. The Labute approximate surface area is 218 Å². The summed E-state index contributed by atoms with van der Waals surface area (Å²) >= 11 is 0. The lowest BCUT2D eigenvalue weighted by Crippen LogP contribution is -2.51. The molecule has 0 bridgehead atoms. The molecule has 0 aliphatic heterocycles. The van der Waals surface area contributed by atoms with Gasteiger partial charge in [-0.1, -0.05) is 67.1 Å². The molecule has 0 unspecified atom stereocenters. The van der Waals surface area contributed by atoms with E-state index in [2.05, 4.69) is 5.32 Å². The SMILES string of the molecule is CC[C@@H](C(=O)NC)N(Cc1cccc(C)c1)C(=O)CN(c1ccccc1OC)S(=O)(=O)c1ccccc1. The second kappa shape index (κ2) is 12.4. The van der Waals surface area contributed by atoms with Gasteiger partial charge in [-0.2, -0.15) is 0 Å². The number of nitrogens with one attached hydrogen (secondary N) is 1. The summed E-state index contributed by atoms with van der Waals surface area (Å²) in [7, 11) is -1.19. The Kier molecular flexibility index (Phi) is 9.30. The lowest BCUT2D eigenvalue weighted by molar-refractivity contribution is -0.140. The third-order valence-corrected chi connectivity index (χ3v) is 7.81. The molecule has 1 N–H and O–H groups in total. The number of rotatable bonds is 11. The molecule has 37 heavy (non-hydrogen) atoms. The summed E-state index contributed by atoms with van der Waals surface area (Å²) in [5, 5.41) is 2.62. The Morgan fingerprint density at radius 2 is 1.65 bits per heavy atom. The maximum atomic E-state index is 13.9. The Balaban J connectivity index is 2.09. The third kappa shape index (κ3) is 6.48. The van der Waals surface area contributed by atoms with E-state index in [0.717, 1.165) is 15.4 Å². The molecule has 0 aromatic heterocycles. The van der Waals surface area contributed by atoms with E-state index in [1.54, 1.807) is 42.5 Å². The Bertz CT molecular complexity index is 1330. The molecule has 0 saturated carbocycles. The number of hydrogen-bond acceptors (Lipinski definition) is 5. The van der Waals surface area contributed by atoms with E-state index in [-0.39, 0.29) is 23.0 Å². The number of anilines is 1. The minimum atomic E-state index is -4.15. The smallest absolute Gasteiger partial charge is 0.264 e. The Morgan fingerprint density at radius 1 is 0.973 bits per heavy atom. The minimum Gasteiger partial charge on any atom is -0.495 e. The van der Waals surface area contributed by atoms with Crippen molar-refractivity contribution in [1.29, 1.82) is 0 Å². The number of ether oxygens (including phenoxy) is 1. The second-order valence-electron chi connectivity index (χ2n) is 8.55. The van der Waals surface area contributed by atoms with Crippen LogP contribution in [0.3, 0.4) is 0 Å². The quantitative estimate of drug-likeness (QED) is 0.413. The highest BCUT2D eigenvalue weighted by molar-refractivity contribution is 7.92. The molecule has 0 heterocycles. The van der Waals surface area contributed by atoms with Gasteiger partial charge in [-0.3, -0.25) is 13.9 Å². The molecule has 2 amide bonds. The molecule has 0 aliphatic carbocycles. The summed E-state index contributed by atoms with van der Waals surface area (Å²) in [6, 6.07) is 21.4. The van der Waals surface area contributed by atoms with Crippen LogP contribution >= 0.6 is 0 Å². The number of likely N-dealkylation sites (N-methyl/N-ethyl adjacent to an activating group) is 1. The van der Waals surface area contributed by atoms with E-state index in [1.165, 1.54) is 31.2 Å². The van der Waals surface area contributed by atoms with E-state index >= 15 is 0 Å². The van der Waals surface area contributed by atoms with Crippen LogP contribution in [0.25, 0.3) is 0 Å². The van der Waals surface area contributed by atoms with Crippen LogP contribution in [0.5, 0.6) is 5.75 Å². The fourth-order valence-electron chi connectivity index (χ4n) is 4.16. The van der Waals surface area contributed by atoms with Gasteiger partial charge in [0.15, 0.2) is 0 Å². The molecule has 1 atom stereocenters. The highest BCUT2D eigenvalue weighted by atomic mass is 32.2. The molecule has 8 nitrogen and oxygen atoms in total. The monoisotopic (exact) mass is 523 g/mol. The van der Waals surface area contributed by atoms with Gasteiger partial charge in [0.05, 0.1) is 17.7 Å². The average Bonchev–Trinajstić information content (AvgIpc) is 2.91. The van der Waals surface area contributed by atoms with Crippen molar-refractivity contribution in [3.63, 3.8) is 0 Å². The van der Waals surface area contributed by atoms with Crippen LogP contribution in [0.2, 0.25) is 0 Å². The molecule has 0 fully saturated rings. The molecule has 3 rings (SSSR count). The van der Waals surface area contributed by atoms with Gasteiger partial charge in [-0.05, 0) is 43.2 Å². The zero-order chi connectivity index (χ0) is 27.0. The number of methoxy groups -OCH3 is 1. The van der Waals surface area contributed by atoms with Crippen LogP contribution < -0.4 is 14.4 Å². The fourth-order valence-corrected chi connectivity index (χ4v) is 5.61. The number of amides is 2. The maximum Gasteiger partial charge on any atom is 0.264 e. The number of para-hydroxylation sites is 2. The lowest BCUT2D eigenvalue weighted by Gasteiger charge is -2.33. The number of benzene rings is 3. The Morgan fingerprint density at radius 3 is 2.27 bits per heavy atom. The Hall–Kier alpha value is -3.85. The molecule has 0 saturated heterocycles. The number of aryl methyl sites for hydroxylation is 1. The molecule has 0 radical (unpaired) electrons. The molecule has 0 spiro atoms. The van der Waals surface area contributed by atoms with Gasteiger partial charge in [0.1, 0.15) is 18.3 Å². The molecule has 9 heteroatoms. The van der Waals surface area contributed by atoms with Gasteiger partial charge < -0.3 is 15.0 Å². The van der Waals surface area contributed by atoms with Gasteiger partial charge in [-0.25, -0.2) is 8.42 Å². The van der Waals surface area contributed by atoms with Crippen molar-refractivity contribution >= 4 is 27.5 Å². The number of carbonyl (C=O) groups excluding carboxylic acids is 2. The first-order valence-corrected chi connectivity index (χ1v) is 13.4. The molecule has 3 aromatic rings. The van der Waals surface area contributed by atoms with E-state index in [0.29, 0.717) is 12.2 Å². The van der Waals surface area contributed by atoms with Crippen molar-refractivity contribution in [1.82, 2.24) is 10.2 Å². The summed E-state index contributed by atoms with van der Waals surface area (Å²) in [6.45, 7) is 3.39. The van der Waals surface area contributed by atoms with Gasteiger partial charge in [0.25, 0.3) is 10.0 Å². The van der Waals surface area contributed by atoms with Crippen molar-refractivity contribution in [3.05, 3.63) is 90.0 Å². The summed E-state index contributed by atoms with van der Waals surface area (Å²) in [5.41, 5.74) is 2.08. The number of nitrogens with zero attached hydrogens (tertiary/aromatic N) is 2. The zero-order valence-electron chi connectivity index (χ0n) is 21.5. The lowest BCUT2D eigenvalue weighted by atomic mass is 10.1. The highest BCUT2D eigenvalue weighted by Gasteiger charge is 2.34. The largest absolute Gasteiger partial charge is 0.495 e. The topological polar surface area (TPSA) is 96.0 Å². The number of carbonyl (C=O) groups is 2. The average molecular weight is 524 g/mol. The van der Waals surface area contributed by atoms with E-state index in [1.807, 2.05) is 38.1 Å². The zero-order valence-corrected chi connectivity index (χ0v) is 22.4. The molecule has 3 aromatic carbocycles. The van der Waals surface area contributed by atoms with Crippen LogP contribution in [0.4, 0.5) is 5.69 Å². The summed E-state index contributed by atoms with van der Waals surface area (Å²) in [5.74, 6) is -0.529. The molecular formula is C28H33N3O5S. The van der Waals surface area contributed by atoms with E-state index < -0.39 is 28.5 Å². The maximum absolute atomic E-state index is 13.9. The van der Waals surface area contributed by atoms with Crippen LogP contribution in [-0.2, 0) is 26.2 Å².